The van der Waals surface area contributed by atoms with Crippen LogP contribution in [0.15, 0.2) is 54.7 Å². The molecule has 1 aliphatic rings. The van der Waals surface area contributed by atoms with Crippen molar-refractivity contribution in [2.24, 2.45) is 0 Å². The number of H-pyrrole nitrogens is 1. The molecule has 1 saturated heterocycles. The first-order chi connectivity index (χ1) is 13.5. The fourth-order valence-corrected chi connectivity index (χ4v) is 3.78. The second kappa shape index (κ2) is 6.64. The summed E-state index contributed by atoms with van der Waals surface area (Å²) in [7, 11) is 0. The van der Waals surface area contributed by atoms with E-state index in [1.54, 1.807) is 25.3 Å². The van der Waals surface area contributed by atoms with Crippen molar-refractivity contribution in [2.75, 3.05) is 6.54 Å². The van der Waals surface area contributed by atoms with Gasteiger partial charge in [-0.3, -0.25) is 14.5 Å². The van der Waals surface area contributed by atoms with Crippen LogP contribution in [0.3, 0.4) is 0 Å². The Hall–Kier alpha value is -3.41. The minimum Gasteiger partial charge on any atom is -0.360 e. The molecule has 3 amide bonds. The van der Waals surface area contributed by atoms with E-state index >= 15 is 0 Å². The van der Waals surface area contributed by atoms with E-state index in [-0.39, 0.29) is 12.3 Å². The molecule has 28 heavy (non-hydrogen) atoms. The van der Waals surface area contributed by atoms with Crippen molar-refractivity contribution in [3.05, 3.63) is 71.4 Å². The summed E-state index contributed by atoms with van der Waals surface area (Å²) in [4.78, 5) is 42.5. The molecule has 1 fully saturated rings. The molecule has 0 spiro atoms. The summed E-state index contributed by atoms with van der Waals surface area (Å²) < 4.78 is 0. The molecule has 0 radical (unpaired) electrons. The molecular formula is C22H21N3O3. The van der Waals surface area contributed by atoms with Crippen LogP contribution in [0, 0.1) is 0 Å². The maximum absolute atomic E-state index is 13.0. The van der Waals surface area contributed by atoms with E-state index in [0.29, 0.717) is 11.1 Å². The lowest BCUT2D eigenvalue weighted by Gasteiger charge is -2.22. The summed E-state index contributed by atoms with van der Waals surface area (Å²) in [6.45, 7) is 3.41. The molecule has 0 aliphatic carbocycles. The zero-order valence-electron chi connectivity index (χ0n) is 15.8. The summed E-state index contributed by atoms with van der Waals surface area (Å²) >= 11 is 0. The first kappa shape index (κ1) is 18.0. The predicted molar refractivity (Wildman–Crippen MR) is 106 cm³/mol. The summed E-state index contributed by atoms with van der Waals surface area (Å²) in [5, 5.41) is 3.54. The van der Waals surface area contributed by atoms with E-state index in [4.69, 9.17) is 0 Å². The molecule has 6 heteroatoms. The van der Waals surface area contributed by atoms with Gasteiger partial charge in [0.25, 0.3) is 5.91 Å². The van der Waals surface area contributed by atoms with E-state index in [1.165, 1.54) is 0 Å². The van der Waals surface area contributed by atoms with Gasteiger partial charge in [-0.05, 0) is 24.5 Å². The summed E-state index contributed by atoms with van der Waals surface area (Å²) in [6, 6.07) is 14.3. The normalized spacial score (nSPS) is 19.3. The average Bonchev–Trinajstić information content (AvgIpc) is 3.24. The number of carbonyl (C=O) groups is 3. The van der Waals surface area contributed by atoms with Crippen molar-refractivity contribution >= 4 is 28.6 Å². The lowest BCUT2D eigenvalue weighted by Crippen LogP contribution is -2.41. The lowest BCUT2D eigenvalue weighted by atomic mass is 9.92. The van der Waals surface area contributed by atoms with Gasteiger partial charge in [-0.25, -0.2) is 4.79 Å². The number of para-hydroxylation sites is 1. The Morgan fingerprint density at radius 1 is 1.07 bits per heavy atom. The smallest absolute Gasteiger partial charge is 0.325 e. The molecular weight excluding hydrogens is 354 g/mol. The predicted octanol–water partition coefficient (Wildman–Crippen LogP) is 3.38. The first-order valence-electron chi connectivity index (χ1n) is 9.27. The number of hydrogen-bond donors (Lipinski definition) is 2. The Morgan fingerprint density at radius 2 is 1.82 bits per heavy atom. The number of aromatic amines is 1. The van der Waals surface area contributed by atoms with Crippen LogP contribution in [0.1, 0.15) is 35.3 Å². The Morgan fingerprint density at radius 3 is 2.54 bits per heavy atom. The maximum Gasteiger partial charge on any atom is 0.325 e. The van der Waals surface area contributed by atoms with Crippen LogP contribution in [0.2, 0.25) is 0 Å². The SMILES string of the molecule is CCc1cccc2c(C(=O)CN3C(=O)N[C@](C)(c4ccccc4)C3=O)c[nH]c12. The molecule has 142 valence electrons. The number of nitrogens with zero attached hydrogens (tertiary/aromatic N) is 1. The van der Waals surface area contributed by atoms with E-state index in [1.807, 2.05) is 36.4 Å². The fraction of sp³-hybridized carbons (Fsp3) is 0.227. The van der Waals surface area contributed by atoms with Crippen LogP contribution in [-0.4, -0.2) is 34.2 Å². The number of aromatic nitrogens is 1. The van der Waals surface area contributed by atoms with E-state index in [0.717, 1.165) is 27.8 Å². The summed E-state index contributed by atoms with van der Waals surface area (Å²) in [5.74, 6) is -0.702. The molecule has 0 saturated carbocycles. The Labute approximate surface area is 162 Å². The Kier molecular flexibility index (Phi) is 4.26. The van der Waals surface area contributed by atoms with Gasteiger partial charge in [0.15, 0.2) is 5.78 Å². The number of ketones is 1. The van der Waals surface area contributed by atoms with Gasteiger partial charge in [0, 0.05) is 22.7 Å². The zero-order chi connectivity index (χ0) is 19.9. The number of aryl methyl sites for hydroxylation is 1. The molecule has 4 rings (SSSR count). The Bertz CT molecular complexity index is 1090. The number of hydrogen-bond acceptors (Lipinski definition) is 3. The number of benzene rings is 2. The second-order valence-electron chi connectivity index (χ2n) is 7.13. The van der Waals surface area contributed by atoms with Crippen molar-refractivity contribution in [3.8, 4) is 0 Å². The van der Waals surface area contributed by atoms with Crippen LogP contribution in [-0.2, 0) is 16.8 Å². The van der Waals surface area contributed by atoms with Crippen molar-refractivity contribution in [3.63, 3.8) is 0 Å². The third-order valence-corrected chi connectivity index (χ3v) is 5.41. The molecule has 3 aromatic rings. The number of rotatable bonds is 5. The molecule has 2 aromatic carbocycles. The number of imide groups is 1. The molecule has 0 bridgehead atoms. The van der Waals surface area contributed by atoms with Crippen molar-refractivity contribution in [1.82, 2.24) is 15.2 Å². The van der Waals surface area contributed by atoms with E-state index in [9.17, 15) is 14.4 Å². The van der Waals surface area contributed by atoms with Crippen LogP contribution in [0.5, 0.6) is 0 Å². The number of Topliss-reactive ketones (excluding diaryl/α,β-unsaturated/α-hetero) is 1. The number of nitrogens with one attached hydrogen (secondary N) is 2. The van der Waals surface area contributed by atoms with Gasteiger partial charge in [0.1, 0.15) is 5.54 Å². The topological polar surface area (TPSA) is 82.3 Å². The van der Waals surface area contributed by atoms with Crippen LogP contribution < -0.4 is 5.32 Å². The average molecular weight is 375 g/mol. The minimum atomic E-state index is -1.17. The molecule has 1 aliphatic heterocycles. The molecule has 2 N–H and O–H groups in total. The Balaban J connectivity index is 1.62. The summed E-state index contributed by atoms with van der Waals surface area (Å²) in [5.41, 5.74) is 2.03. The lowest BCUT2D eigenvalue weighted by molar-refractivity contribution is -0.130. The van der Waals surface area contributed by atoms with E-state index < -0.39 is 17.5 Å². The highest BCUT2D eigenvalue weighted by molar-refractivity contribution is 6.14. The molecule has 0 unspecified atom stereocenters. The molecule has 2 heterocycles. The maximum atomic E-state index is 13.0. The van der Waals surface area contributed by atoms with Gasteiger partial charge >= 0.3 is 6.03 Å². The highest BCUT2D eigenvalue weighted by Crippen LogP contribution is 2.29. The van der Waals surface area contributed by atoms with Gasteiger partial charge in [0.2, 0.25) is 0 Å². The number of fused-ring (bicyclic) bond motifs is 1. The van der Waals surface area contributed by atoms with Crippen molar-refractivity contribution < 1.29 is 14.4 Å². The van der Waals surface area contributed by atoms with Gasteiger partial charge in [-0.1, -0.05) is 55.5 Å². The largest absolute Gasteiger partial charge is 0.360 e. The van der Waals surface area contributed by atoms with Crippen LogP contribution in [0.4, 0.5) is 4.79 Å². The van der Waals surface area contributed by atoms with Crippen LogP contribution in [0.25, 0.3) is 10.9 Å². The molecule has 6 nitrogen and oxygen atoms in total. The summed E-state index contributed by atoms with van der Waals surface area (Å²) in [6.07, 6.45) is 2.49. The monoisotopic (exact) mass is 375 g/mol. The number of urea groups is 1. The van der Waals surface area contributed by atoms with Gasteiger partial charge in [-0.15, -0.1) is 0 Å². The molecule has 1 aromatic heterocycles. The van der Waals surface area contributed by atoms with Crippen molar-refractivity contribution in [2.45, 2.75) is 25.8 Å². The standard InChI is InChI=1S/C22H21N3O3/c1-3-14-8-7-11-16-17(12-23-19(14)16)18(26)13-25-20(27)22(2,24-21(25)28)15-9-5-4-6-10-15/h4-12,23H,3,13H2,1-2H3,(H,24,28)/t22-/m1/s1. The number of amides is 3. The number of carbonyl (C=O) groups excluding carboxylic acids is 3. The third kappa shape index (κ3) is 2.69. The molecule has 1 atom stereocenters. The van der Waals surface area contributed by atoms with Gasteiger partial charge < -0.3 is 10.3 Å². The quantitative estimate of drug-likeness (QED) is 0.530. The fourth-order valence-electron chi connectivity index (χ4n) is 3.78. The zero-order valence-corrected chi connectivity index (χ0v) is 15.8. The minimum absolute atomic E-state index is 0.277. The van der Waals surface area contributed by atoms with E-state index in [2.05, 4.69) is 17.2 Å². The van der Waals surface area contributed by atoms with Crippen LogP contribution >= 0.6 is 0 Å². The second-order valence-corrected chi connectivity index (χ2v) is 7.13. The highest BCUT2D eigenvalue weighted by atomic mass is 16.2. The van der Waals surface area contributed by atoms with Gasteiger partial charge in [0.05, 0.1) is 6.54 Å². The highest BCUT2D eigenvalue weighted by Gasteiger charge is 2.49. The third-order valence-electron chi connectivity index (χ3n) is 5.41. The first-order valence-corrected chi connectivity index (χ1v) is 9.27. The van der Waals surface area contributed by atoms with Crippen molar-refractivity contribution in [1.29, 1.82) is 0 Å². The van der Waals surface area contributed by atoms with Gasteiger partial charge in [-0.2, -0.15) is 0 Å².